The standard InChI is InChI=1S/C33H33NO12/c1-15-24(43-31-26(39)28(45-32(34)41)29(42-4)33(2,3)46-31)11-9-19-25(38)20(30(40)44-27(15)19)14-22(36)18-7-5-6-16(12-18)17-8-10-21(35)23(37)13-17/h5-13,26,28-29,31,35,37-39H,14H2,1-4H3,(H2,34,41)/t26-,28+,29-,31-/m1/s1. The molecule has 0 spiro atoms. The average Bonchev–Trinajstić information content (AvgIpc) is 3.00. The summed E-state index contributed by atoms with van der Waals surface area (Å²) in [5.41, 5.74) is 4.56. The average molecular weight is 636 g/mol. The van der Waals surface area contributed by atoms with E-state index in [1.165, 1.54) is 31.4 Å². The largest absolute Gasteiger partial charge is 0.507 e. The third-order valence-corrected chi connectivity index (χ3v) is 7.94. The number of primary amides is 1. The van der Waals surface area contributed by atoms with Gasteiger partial charge in [0.15, 0.2) is 29.5 Å². The Bertz CT molecular complexity index is 1880. The summed E-state index contributed by atoms with van der Waals surface area (Å²) in [7, 11) is 1.37. The van der Waals surface area contributed by atoms with Gasteiger partial charge in [-0.05, 0) is 62.2 Å². The first-order valence-electron chi connectivity index (χ1n) is 14.2. The summed E-state index contributed by atoms with van der Waals surface area (Å²) in [4.78, 5) is 37.8. The molecule has 242 valence electrons. The Balaban J connectivity index is 1.42. The molecule has 13 nitrogen and oxygen atoms in total. The second-order valence-electron chi connectivity index (χ2n) is 11.4. The lowest BCUT2D eigenvalue weighted by Crippen LogP contribution is -2.65. The molecule has 1 saturated heterocycles. The van der Waals surface area contributed by atoms with Gasteiger partial charge in [-0.15, -0.1) is 0 Å². The van der Waals surface area contributed by atoms with Crippen LogP contribution in [0.2, 0.25) is 0 Å². The van der Waals surface area contributed by atoms with Crippen molar-refractivity contribution in [3.8, 4) is 34.1 Å². The molecular formula is C33H33NO12. The first-order valence-corrected chi connectivity index (χ1v) is 14.2. The van der Waals surface area contributed by atoms with Gasteiger partial charge in [0.05, 0.1) is 16.6 Å². The van der Waals surface area contributed by atoms with Crippen LogP contribution in [0.5, 0.6) is 23.0 Å². The quantitative estimate of drug-likeness (QED) is 0.107. The van der Waals surface area contributed by atoms with Crippen molar-refractivity contribution in [3.05, 3.63) is 81.7 Å². The van der Waals surface area contributed by atoms with E-state index in [0.29, 0.717) is 11.1 Å². The number of aryl methyl sites for hydroxylation is 1. The third-order valence-electron chi connectivity index (χ3n) is 7.94. The number of Topliss-reactive ketones (excluding diaryl/α,β-unsaturated/α-hetero) is 1. The fourth-order valence-corrected chi connectivity index (χ4v) is 5.59. The highest BCUT2D eigenvalue weighted by atomic mass is 16.7. The van der Waals surface area contributed by atoms with Crippen LogP contribution >= 0.6 is 0 Å². The zero-order valence-electron chi connectivity index (χ0n) is 25.3. The summed E-state index contributed by atoms with van der Waals surface area (Å²) in [5.74, 6) is -1.39. The molecule has 1 aromatic heterocycles. The molecule has 1 amide bonds. The predicted octanol–water partition coefficient (Wildman–Crippen LogP) is 3.66. The molecular weight excluding hydrogens is 602 g/mol. The van der Waals surface area contributed by atoms with Crippen molar-refractivity contribution in [3.63, 3.8) is 0 Å². The van der Waals surface area contributed by atoms with Gasteiger partial charge in [-0.3, -0.25) is 4.79 Å². The molecule has 1 aliphatic heterocycles. The van der Waals surface area contributed by atoms with E-state index in [1.807, 2.05) is 0 Å². The third kappa shape index (κ3) is 6.07. The first-order chi connectivity index (χ1) is 21.7. The number of carbonyl (C=O) groups is 2. The van der Waals surface area contributed by atoms with Crippen molar-refractivity contribution in [2.45, 2.75) is 57.4 Å². The second-order valence-corrected chi connectivity index (χ2v) is 11.4. The number of aromatic hydroxyl groups is 3. The van der Waals surface area contributed by atoms with Crippen LogP contribution in [0, 0.1) is 6.92 Å². The normalized spacial score (nSPS) is 20.7. The molecule has 0 bridgehead atoms. The lowest BCUT2D eigenvalue weighted by Gasteiger charge is -2.47. The lowest BCUT2D eigenvalue weighted by atomic mass is 9.89. The molecule has 3 aromatic carbocycles. The lowest BCUT2D eigenvalue weighted by molar-refractivity contribution is -0.304. The summed E-state index contributed by atoms with van der Waals surface area (Å²) < 4.78 is 28.0. The van der Waals surface area contributed by atoms with Crippen LogP contribution < -0.4 is 16.1 Å². The van der Waals surface area contributed by atoms with E-state index in [4.69, 9.17) is 29.1 Å². The number of methoxy groups -OCH3 is 1. The van der Waals surface area contributed by atoms with Gasteiger partial charge in [-0.1, -0.05) is 24.3 Å². The Hall–Kier alpha value is -5.11. The van der Waals surface area contributed by atoms with Crippen molar-refractivity contribution >= 4 is 22.8 Å². The zero-order valence-corrected chi connectivity index (χ0v) is 25.3. The van der Waals surface area contributed by atoms with Gasteiger partial charge in [0.2, 0.25) is 6.29 Å². The van der Waals surface area contributed by atoms with Gasteiger partial charge >= 0.3 is 11.7 Å². The highest BCUT2D eigenvalue weighted by Crippen LogP contribution is 2.38. The minimum Gasteiger partial charge on any atom is -0.507 e. The number of aliphatic hydroxyl groups excluding tert-OH is 1. The van der Waals surface area contributed by atoms with E-state index >= 15 is 0 Å². The Morgan fingerprint density at radius 2 is 1.72 bits per heavy atom. The number of aliphatic hydroxyl groups is 1. The number of hydrogen-bond acceptors (Lipinski definition) is 12. The number of phenolic OH excluding ortho intramolecular Hbond substituents is 2. The number of hydrogen-bond donors (Lipinski definition) is 5. The van der Waals surface area contributed by atoms with Crippen LogP contribution in [0.15, 0.2) is 63.8 Å². The minimum atomic E-state index is -1.52. The summed E-state index contributed by atoms with van der Waals surface area (Å²) in [6.45, 7) is 4.87. The molecule has 46 heavy (non-hydrogen) atoms. The fraction of sp³-hybridized carbons (Fsp3) is 0.303. The Labute approximate surface area is 262 Å². The van der Waals surface area contributed by atoms with Crippen LogP contribution in [0.4, 0.5) is 4.79 Å². The smallest absolute Gasteiger partial charge is 0.404 e. The van der Waals surface area contributed by atoms with Gasteiger partial charge in [-0.25, -0.2) is 9.59 Å². The van der Waals surface area contributed by atoms with E-state index < -0.39 is 59.9 Å². The number of benzene rings is 3. The number of rotatable bonds is 8. The Kier molecular flexibility index (Phi) is 8.67. The number of carbonyl (C=O) groups excluding carboxylic acids is 2. The summed E-state index contributed by atoms with van der Waals surface area (Å²) in [6, 6.07) is 13.6. The molecule has 2 heterocycles. The topological polar surface area (TPSA) is 208 Å². The van der Waals surface area contributed by atoms with E-state index in [0.717, 1.165) is 0 Å². The van der Waals surface area contributed by atoms with Crippen molar-refractivity contribution in [1.82, 2.24) is 0 Å². The first kappa shape index (κ1) is 32.3. The highest BCUT2D eigenvalue weighted by Gasteiger charge is 2.53. The van der Waals surface area contributed by atoms with Gasteiger partial charge < -0.3 is 49.5 Å². The molecule has 0 radical (unpaired) electrons. The monoisotopic (exact) mass is 635 g/mol. The van der Waals surface area contributed by atoms with Gasteiger partial charge in [0.25, 0.3) is 0 Å². The van der Waals surface area contributed by atoms with E-state index in [9.17, 15) is 34.8 Å². The van der Waals surface area contributed by atoms with Crippen LogP contribution in [-0.2, 0) is 20.6 Å². The van der Waals surface area contributed by atoms with Crippen LogP contribution in [0.3, 0.4) is 0 Å². The molecule has 0 aliphatic carbocycles. The molecule has 4 atom stereocenters. The number of nitrogens with two attached hydrogens (primary N) is 1. The molecule has 1 fully saturated rings. The molecule has 4 aromatic rings. The van der Waals surface area contributed by atoms with Crippen LogP contribution in [-0.4, -0.2) is 69.6 Å². The zero-order chi connectivity index (χ0) is 33.5. The van der Waals surface area contributed by atoms with Crippen LogP contribution in [0.25, 0.3) is 22.1 Å². The minimum absolute atomic E-state index is 0.0189. The molecule has 0 unspecified atom stereocenters. The fourth-order valence-electron chi connectivity index (χ4n) is 5.59. The number of ketones is 1. The number of amides is 1. The van der Waals surface area contributed by atoms with E-state index in [1.54, 1.807) is 51.1 Å². The molecule has 0 saturated carbocycles. The highest BCUT2D eigenvalue weighted by molar-refractivity contribution is 6.00. The van der Waals surface area contributed by atoms with E-state index in [-0.39, 0.29) is 44.9 Å². The molecule has 6 N–H and O–H groups in total. The number of ether oxygens (including phenoxy) is 4. The molecule has 1 aliphatic rings. The molecule has 5 rings (SSSR count). The van der Waals surface area contributed by atoms with Gasteiger partial charge in [-0.2, -0.15) is 0 Å². The molecule has 13 heteroatoms. The summed E-state index contributed by atoms with van der Waals surface area (Å²) >= 11 is 0. The Morgan fingerprint density at radius 1 is 1.00 bits per heavy atom. The number of phenols is 2. The van der Waals surface area contributed by atoms with Crippen molar-refractivity contribution in [1.29, 1.82) is 0 Å². The van der Waals surface area contributed by atoms with Crippen molar-refractivity contribution < 1.29 is 53.4 Å². The van der Waals surface area contributed by atoms with Crippen molar-refractivity contribution in [2.24, 2.45) is 5.73 Å². The summed E-state index contributed by atoms with van der Waals surface area (Å²) in [5, 5.41) is 41.6. The van der Waals surface area contributed by atoms with Crippen molar-refractivity contribution in [2.75, 3.05) is 7.11 Å². The number of fused-ring (bicyclic) bond motifs is 1. The van der Waals surface area contributed by atoms with E-state index in [2.05, 4.69) is 0 Å². The van der Waals surface area contributed by atoms with Crippen LogP contribution in [0.1, 0.15) is 35.3 Å². The maximum absolute atomic E-state index is 13.2. The predicted molar refractivity (Wildman–Crippen MR) is 163 cm³/mol. The second kappa shape index (κ2) is 12.4. The van der Waals surface area contributed by atoms with Gasteiger partial charge in [0.1, 0.15) is 23.2 Å². The maximum Gasteiger partial charge on any atom is 0.404 e. The van der Waals surface area contributed by atoms with Gasteiger partial charge in [0, 0.05) is 24.7 Å². The Morgan fingerprint density at radius 3 is 2.39 bits per heavy atom. The maximum atomic E-state index is 13.2. The summed E-state index contributed by atoms with van der Waals surface area (Å²) in [6.07, 6.45) is -6.58. The SMILES string of the molecule is CO[C@@H]1[C@@H](OC(N)=O)[C@@H](O)[C@H](Oc2ccc3c(O)c(CC(=O)c4cccc(-c5ccc(O)c(O)c5)c4)c(=O)oc3c2C)OC1(C)C.